The zero-order valence-corrected chi connectivity index (χ0v) is 13.8. The number of carbonyl (C=O) groups excluding carboxylic acids is 1. The van der Waals surface area contributed by atoms with Gasteiger partial charge in [0, 0.05) is 31.6 Å². The topological polar surface area (TPSA) is 54.7 Å². The van der Waals surface area contributed by atoms with Crippen LogP contribution in [0.5, 0.6) is 0 Å². The third kappa shape index (κ3) is 3.34. The highest BCUT2D eigenvalue weighted by Crippen LogP contribution is 2.24. The van der Waals surface area contributed by atoms with Crippen LogP contribution in [-0.4, -0.2) is 32.2 Å². The molecule has 1 aliphatic heterocycles. The largest absolute Gasteiger partial charge is 0.444 e. The molecule has 1 amide bonds. The number of benzene rings is 1. The molecule has 1 aromatic heterocycles. The second kappa shape index (κ2) is 6.54. The third-order valence-corrected chi connectivity index (χ3v) is 4.19. The first-order valence-corrected chi connectivity index (χ1v) is 7.89. The van der Waals surface area contributed by atoms with Crippen molar-refractivity contribution >= 4 is 33.2 Å². The van der Waals surface area contributed by atoms with Gasteiger partial charge >= 0.3 is 0 Å². The number of rotatable bonds is 4. The van der Waals surface area contributed by atoms with E-state index in [-0.39, 0.29) is 11.7 Å². The molecule has 0 aliphatic carbocycles. The molecule has 2 aromatic rings. The average Bonchev–Trinajstić information content (AvgIpc) is 3.17. The minimum atomic E-state index is -0.265. The van der Waals surface area contributed by atoms with E-state index in [9.17, 15) is 4.79 Å². The summed E-state index contributed by atoms with van der Waals surface area (Å²) in [6, 6.07) is 11.1. The first-order valence-electron chi connectivity index (χ1n) is 7.10. The quantitative estimate of drug-likeness (QED) is 0.901. The van der Waals surface area contributed by atoms with Gasteiger partial charge in [-0.2, -0.15) is 0 Å². The minimum absolute atomic E-state index is 0.265. The number of methoxy groups -OCH3 is 1. The molecule has 0 radical (unpaired) electrons. The van der Waals surface area contributed by atoms with Gasteiger partial charge in [0.1, 0.15) is 0 Å². The molecule has 1 atom stereocenters. The maximum atomic E-state index is 12.0. The highest BCUT2D eigenvalue weighted by Gasteiger charge is 2.22. The Morgan fingerprint density at radius 1 is 1.32 bits per heavy atom. The van der Waals surface area contributed by atoms with Gasteiger partial charge in [-0.05, 0) is 58.7 Å². The summed E-state index contributed by atoms with van der Waals surface area (Å²) in [5.41, 5.74) is 1.88. The summed E-state index contributed by atoms with van der Waals surface area (Å²) in [6.07, 6.45) is 1.35. The number of amides is 1. The second-order valence-electron chi connectivity index (χ2n) is 5.20. The van der Waals surface area contributed by atoms with Crippen LogP contribution in [0.2, 0.25) is 0 Å². The standard InChI is InChI=1S/C16H17BrN2O3/c1-21-13-8-9-19(10-13)12-4-2-11(3-5-12)18-16(20)14-6-7-15(17)22-14/h2-7,13H,8-10H2,1H3,(H,18,20). The van der Waals surface area contributed by atoms with Gasteiger partial charge in [0.25, 0.3) is 5.91 Å². The van der Waals surface area contributed by atoms with Crippen LogP contribution < -0.4 is 10.2 Å². The molecule has 2 heterocycles. The number of ether oxygens (including phenoxy) is 1. The summed E-state index contributed by atoms with van der Waals surface area (Å²) in [7, 11) is 1.75. The van der Waals surface area contributed by atoms with E-state index >= 15 is 0 Å². The van der Waals surface area contributed by atoms with Crippen LogP contribution in [0.3, 0.4) is 0 Å². The molecule has 3 rings (SSSR count). The van der Waals surface area contributed by atoms with E-state index in [0.717, 1.165) is 30.9 Å². The van der Waals surface area contributed by atoms with E-state index in [1.165, 1.54) is 0 Å². The monoisotopic (exact) mass is 364 g/mol. The molecule has 1 saturated heterocycles. The first kappa shape index (κ1) is 15.1. The summed E-state index contributed by atoms with van der Waals surface area (Å²) in [6.45, 7) is 1.90. The van der Waals surface area contributed by atoms with Crippen LogP contribution >= 0.6 is 15.9 Å². The van der Waals surface area contributed by atoms with Crippen LogP contribution in [0, 0.1) is 0 Å². The van der Waals surface area contributed by atoms with Crippen molar-refractivity contribution in [2.75, 3.05) is 30.4 Å². The van der Waals surface area contributed by atoms with E-state index in [1.807, 2.05) is 24.3 Å². The Labute approximate surface area is 137 Å². The Bertz CT molecular complexity index is 654. The predicted octanol–water partition coefficient (Wildman–Crippen LogP) is 3.52. The molecule has 5 nitrogen and oxygen atoms in total. The molecular formula is C16H17BrN2O3. The molecule has 6 heteroatoms. The van der Waals surface area contributed by atoms with Gasteiger partial charge in [0.05, 0.1) is 6.10 Å². The minimum Gasteiger partial charge on any atom is -0.444 e. The lowest BCUT2D eigenvalue weighted by molar-refractivity contribution is 0.0995. The molecule has 116 valence electrons. The Kier molecular flexibility index (Phi) is 4.49. The third-order valence-electron chi connectivity index (χ3n) is 3.77. The molecular weight excluding hydrogens is 348 g/mol. The first-order chi connectivity index (χ1) is 10.7. The number of furan rings is 1. The van der Waals surface area contributed by atoms with Crippen molar-refractivity contribution < 1.29 is 13.9 Å². The van der Waals surface area contributed by atoms with Gasteiger partial charge in [0.2, 0.25) is 0 Å². The van der Waals surface area contributed by atoms with Crippen molar-refractivity contribution in [2.45, 2.75) is 12.5 Å². The zero-order chi connectivity index (χ0) is 15.5. The fourth-order valence-electron chi connectivity index (χ4n) is 2.54. The summed E-state index contributed by atoms with van der Waals surface area (Å²) < 4.78 is 11.1. The Morgan fingerprint density at radius 2 is 2.09 bits per heavy atom. The lowest BCUT2D eigenvalue weighted by Crippen LogP contribution is -2.22. The molecule has 1 fully saturated rings. The lowest BCUT2D eigenvalue weighted by Gasteiger charge is -2.18. The maximum Gasteiger partial charge on any atom is 0.291 e. The Balaban J connectivity index is 1.63. The van der Waals surface area contributed by atoms with Crippen LogP contribution in [-0.2, 0) is 4.74 Å². The van der Waals surface area contributed by atoms with Crippen molar-refractivity contribution in [1.29, 1.82) is 0 Å². The molecule has 1 N–H and O–H groups in total. The van der Waals surface area contributed by atoms with E-state index in [0.29, 0.717) is 10.8 Å². The molecule has 1 unspecified atom stereocenters. The molecule has 0 saturated carbocycles. The smallest absolute Gasteiger partial charge is 0.291 e. The molecule has 0 bridgehead atoms. The van der Waals surface area contributed by atoms with E-state index in [1.54, 1.807) is 19.2 Å². The summed E-state index contributed by atoms with van der Waals surface area (Å²) in [4.78, 5) is 14.3. The van der Waals surface area contributed by atoms with Crippen molar-refractivity contribution in [3.63, 3.8) is 0 Å². The predicted molar refractivity (Wildman–Crippen MR) is 88.4 cm³/mol. The average molecular weight is 365 g/mol. The van der Waals surface area contributed by atoms with Crippen molar-refractivity contribution in [2.24, 2.45) is 0 Å². The van der Waals surface area contributed by atoms with Crippen molar-refractivity contribution in [3.8, 4) is 0 Å². The van der Waals surface area contributed by atoms with Crippen LogP contribution in [0.4, 0.5) is 11.4 Å². The number of hydrogen-bond donors (Lipinski definition) is 1. The molecule has 1 aliphatic rings. The highest BCUT2D eigenvalue weighted by molar-refractivity contribution is 9.10. The SMILES string of the molecule is COC1CCN(c2ccc(NC(=O)c3ccc(Br)o3)cc2)C1. The Hall–Kier alpha value is -1.79. The van der Waals surface area contributed by atoms with Crippen LogP contribution in [0.1, 0.15) is 17.0 Å². The maximum absolute atomic E-state index is 12.0. The number of nitrogens with zero attached hydrogens (tertiary/aromatic N) is 1. The number of carbonyl (C=O) groups is 1. The van der Waals surface area contributed by atoms with Crippen molar-refractivity contribution in [1.82, 2.24) is 0 Å². The normalized spacial score (nSPS) is 17.7. The Morgan fingerprint density at radius 3 is 2.68 bits per heavy atom. The van der Waals surface area contributed by atoms with Crippen molar-refractivity contribution in [3.05, 3.63) is 46.8 Å². The molecule has 0 spiro atoms. The van der Waals surface area contributed by atoms with Gasteiger partial charge in [-0.3, -0.25) is 4.79 Å². The summed E-state index contributed by atoms with van der Waals surface area (Å²) >= 11 is 3.18. The fraction of sp³-hybridized carbons (Fsp3) is 0.312. The number of anilines is 2. The lowest BCUT2D eigenvalue weighted by atomic mass is 10.2. The fourth-order valence-corrected chi connectivity index (χ4v) is 2.85. The number of halogens is 1. The van der Waals surface area contributed by atoms with E-state index in [2.05, 4.69) is 26.1 Å². The summed E-state index contributed by atoms with van der Waals surface area (Å²) in [5.74, 6) is 0.0116. The van der Waals surface area contributed by atoms with Gasteiger partial charge in [-0.15, -0.1) is 0 Å². The van der Waals surface area contributed by atoms with Gasteiger partial charge in [-0.1, -0.05) is 0 Å². The molecule has 1 aromatic carbocycles. The number of nitrogens with one attached hydrogen (secondary N) is 1. The van der Waals surface area contributed by atoms with Crippen LogP contribution in [0.25, 0.3) is 0 Å². The highest BCUT2D eigenvalue weighted by atomic mass is 79.9. The van der Waals surface area contributed by atoms with Gasteiger partial charge in [-0.25, -0.2) is 0 Å². The molecule has 22 heavy (non-hydrogen) atoms. The van der Waals surface area contributed by atoms with Gasteiger partial charge in [0.15, 0.2) is 10.4 Å². The summed E-state index contributed by atoms with van der Waals surface area (Å²) in [5, 5.41) is 2.81. The van der Waals surface area contributed by atoms with Gasteiger partial charge < -0.3 is 19.4 Å². The number of hydrogen-bond acceptors (Lipinski definition) is 4. The zero-order valence-electron chi connectivity index (χ0n) is 12.2. The second-order valence-corrected chi connectivity index (χ2v) is 5.98. The van der Waals surface area contributed by atoms with E-state index in [4.69, 9.17) is 9.15 Å². The van der Waals surface area contributed by atoms with E-state index < -0.39 is 0 Å². The van der Waals surface area contributed by atoms with Crippen LogP contribution in [0.15, 0.2) is 45.5 Å².